The molecule has 0 atom stereocenters. The Balaban J connectivity index is 2.68. The summed E-state index contributed by atoms with van der Waals surface area (Å²) in [6.45, 7) is 0. The first kappa shape index (κ1) is 11.6. The molecule has 80 valence electrons. The van der Waals surface area contributed by atoms with Gasteiger partial charge in [-0.1, -0.05) is 11.6 Å². The predicted octanol–water partition coefficient (Wildman–Crippen LogP) is 4.10. The van der Waals surface area contributed by atoms with Crippen LogP contribution in [0.5, 0.6) is 5.75 Å². The van der Waals surface area contributed by atoms with Gasteiger partial charge in [-0.3, -0.25) is 0 Å². The van der Waals surface area contributed by atoms with E-state index in [1.54, 1.807) is 7.11 Å². The standard InChI is InChI=1S/C8H5Br2ClN2OS/c1-14-7-5(11)3(9)2-4-6(7)12-8(10)13-15-4/h2H,1H3,(H,12,13). The maximum Gasteiger partial charge on any atom is 0.181 e. The molecule has 0 bridgehead atoms. The zero-order chi connectivity index (χ0) is 11.0. The van der Waals surface area contributed by atoms with Crippen molar-refractivity contribution in [3.8, 4) is 5.75 Å². The van der Waals surface area contributed by atoms with Gasteiger partial charge in [0.25, 0.3) is 0 Å². The molecule has 15 heavy (non-hydrogen) atoms. The van der Waals surface area contributed by atoms with Crippen molar-refractivity contribution in [3.05, 3.63) is 15.6 Å². The van der Waals surface area contributed by atoms with Gasteiger partial charge < -0.3 is 9.46 Å². The van der Waals surface area contributed by atoms with E-state index in [2.05, 4.69) is 41.6 Å². The highest BCUT2D eigenvalue weighted by Gasteiger charge is 2.20. The lowest BCUT2D eigenvalue weighted by Gasteiger charge is -2.17. The summed E-state index contributed by atoms with van der Waals surface area (Å²) in [6.07, 6.45) is 0. The van der Waals surface area contributed by atoms with Crippen molar-refractivity contribution in [2.24, 2.45) is 4.99 Å². The lowest BCUT2D eigenvalue weighted by Crippen LogP contribution is -2.11. The average molecular weight is 372 g/mol. The van der Waals surface area contributed by atoms with Crippen LogP contribution in [-0.4, -0.2) is 11.9 Å². The molecule has 1 aromatic carbocycles. The molecular weight excluding hydrogens is 367 g/mol. The minimum atomic E-state index is 0.530. The number of methoxy groups -OCH3 is 1. The minimum absolute atomic E-state index is 0.530. The number of halogens is 3. The molecule has 3 nitrogen and oxygen atoms in total. The van der Waals surface area contributed by atoms with Gasteiger partial charge in [0.15, 0.2) is 10.5 Å². The van der Waals surface area contributed by atoms with E-state index in [0.29, 0.717) is 15.5 Å². The topological polar surface area (TPSA) is 33.6 Å². The number of ether oxygens (including phenoxy) is 1. The van der Waals surface area contributed by atoms with Crippen LogP contribution in [0.1, 0.15) is 0 Å². The highest BCUT2D eigenvalue weighted by atomic mass is 79.9. The largest absolute Gasteiger partial charge is 0.493 e. The van der Waals surface area contributed by atoms with Crippen molar-refractivity contribution in [3.63, 3.8) is 0 Å². The van der Waals surface area contributed by atoms with Gasteiger partial charge in [0.05, 0.1) is 17.0 Å². The molecule has 0 radical (unpaired) electrons. The van der Waals surface area contributed by atoms with Gasteiger partial charge in [-0.15, -0.1) is 0 Å². The summed E-state index contributed by atoms with van der Waals surface area (Å²) >= 11 is 14.2. The smallest absolute Gasteiger partial charge is 0.181 e. The Kier molecular flexibility index (Phi) is 3.49. The van der Waals surface area contributed by atoms with E-state index in [1.165, 1.54) is 11.9 Å². The monoisotopic (exact) mass is 370 g/mol. The van der Waals surface area contributed by atoms with Gasteiger partial charge in [-0.2, -0.15) is 0 Å². The maximum absolute atomic E-state index is 6.09. The van der Waals surface area contributed by atoms with Gasteiger partial charge in [0, 0.05) is 4.47 Å². The quantitative estimate of drug-likeness (QED) is 0.595. The van der Waals surface area contributed by atoms with E-state index in [9.17, 15) is 0 Å². The van der Waals surface area contributed by atoms with Crippen LogP contribution in [0.2, 0.25) is 5.02 Å². The molecular formula is C8H5Br2ClN2OS. The van der Waals surface area contributed by atoms with Crippen LogP contribution in [0.25, 0.3) is 0 Å². The first-order valence-corrected chi connectivity index (χ1v) is 6.64. The number of hydrogen-bond acceptors (Lipinski definition) is 4. The minimum Gasteiger partial charge on any atom is -0.493 e. The number of fused-ring (bicyclic) bond motifs is 1. The highest BCUT2D eigenvalue weighted by Crippen LogP contribution is 2.47. The van der Waals surface area contributed by atoms with Crippen LogP contribution in [0.4, 0.5) is 5.69 Å². The first-order chi connectivity index (χ1) is 7.13. The number of aliphatic imine (C=N–C) groups is 1. The number of benzene rings is 1. The lowest BCUT2D eigenvalue weighted by molar-refractivity contribution is 0.415. The number of hydrogen-bond donors (Lipinski definition) is 1. The molecule has 1 N–H and O–H groups in total. The Morgan fingerprint density at radius 3 is 2.93 bits per heavy atom. The molecule has 1 aliphatic rings. The third kappa shape index (κ3) is 2.13. The van der Waals surface area contributed by atoms with E-state index < -0.39 is 0 Å². The second-order valence-electron chi connectivity index (χ2n) is 2.66. The molecule has 0 saturated carbocycles. The summed E-state index contributed by atoms with van der Waals surface area (Å²) in [4.78, 5) is 5.25. The molecule has 0 fully saturated rings. The van der Waals surface area contributed by atoms with Gasteiger partial charge in [-0.05, 0) is 49.9 Å². The second kappa shape index (κ2) is 4.53. The Bertz CT molecular complexity index is 453. The number of nitrogens with one attached hydrogen (secondary N) is 1. The van der Waals surface area contributed by atoms with Crippen molar-refractivity contribution < 1.29 is 4.74 Å². The van der Waals surface area contributed by atoms with Gasteiger partial charge in [0.2, 0.25) is 0 Å². The fraction of sp³-hybridized carbons (Fsp3) is 0.125. The summed E-state index contributed by atoms with van der Waals surface area (Å²) in [6, 6.07) is 1.90. The van der Waals surface area contributed by atoms with Crippen molar-refractivity contribution in [2.45, 2.75) is 4.90 Å². The molecule has 1 aliphatic heterocycles. The third-order valence-corrected chi connectivity index (χ3v) is 4.47. The van der Waals surface area contributed by atoms with E-state index >= 15 is 0 Å². The first-order valence-electron chi connectivity index (χ1n) is 3.86. The zero-order valence-corrected chi connectivity index (χ0v) is 12.2. The van der Waals surface area contributed by atoms with Crippen molar-refractivity contribution in [2.75, 3.05) is 7.11 Å². The van der Waals surface area contributed by atoms with Gasteiger partial charge in [-0.25, -0.2) is 4.99 Å². The molecule has 0 amide bonds. The SMILES string of the molecule is COc1c(Cl)c(Br)cc2c1N=C(Br)NS2. The fourth-order valence-electron chi connectivity index (χ4n) is 1.16. The molecule has 0 spiro atoms. The summed E-state index contributed by atoms with van der Waals surface area (Å²) in [5.41, 5.74) is 0.737. The highest BCUT2D eigenvalue weighted by molar-refractivity contribution is 9.18. The number of amidine groups is 1. The summed E-state index contributed by atoms with van der Waals surface area (Å²) in [5.74, 6) is 0.576. The van der Waals surface area contributed by atoms with E-state index in [0.717, 1.165) is 15.1 Å². The normalized spacial score (nSPS) is 14.0. The van der Waals surface area contributed by atoms with Crippen LogP contribution in [0.3, 0.4) is 0 Å². The van der Waals surface area contributed by atoms with Crippen LogP contribution in [0.15, 0.2) is 20.4 Å². The molecule has 1 aromatic rings. The molecule has 0 unspecified atom stereocenters. The molecule has 1 heterocycles. The molecule has 0 aromatic heterocycles. The molecule has 0 saturated heterocycles. The fourth-order valence-corrected chi connectivity index (χ4v) is 3.01. The van der Waals surface area contributed by atoms with Crippen molar-refractivity contribution in [1.29, 1.82) is 0 Å². The number of nitrogens with zero attached hydrogens (tertiary/aromatic N) is 1. The average Bonchev–Trinajstić information content (AvgIpc) is 2.21. The van der Waals surface area contributed by atoms with Crippen LogP contribution < -0.4 is 9.46 Å². The van der Waals surface area contributed by atoms with Crippen LogP contribution in [0, 0.1) is 0 Å². The predicted molar refractivity (Wildman–Crippen MR) is 70.7 cm³/mol. The zero-order valence-electron chi connectivity index (χ0n) is 7.47. The maximum atomic E-state index is 6.09. The van der Waals surface area contributed by atoms with Crippen LogP contribution >= 0.6 is 55.4 Å². The van der Waals surface area contributed by atoms with E-state index in [-0.39, 0.29) is 0 Å². The molecule has 7 heteroatoms. The Labute approximate surface area is 113 Å². The molecule has 0 aliphatic carbocycles. The van der Waals surface area contributed by atoms with Crippen molar-refractivity contribution in [1.82, 2.24) is 4.72 Å². The number of rotatable bonds is 1. The van der Waals surface area contributed by atoms with Crippen molar-refractivity contribution >= 4 is 65.8 Å². The summed E-state index contributed by atoms with van der Waals surface area (Å²) in [5, 5.41) is 0.530. The third-order valence-electron chi connectivity index (χ3n) is 1.77. The van der Waals surface area contributed by atoms with Crippen LogP contribution in [-0.2, 0) is 0 Å². The Hall–Kier alpha value is 0.0900. The van der Waals surface area contributed by atoms with Gasteiger partial charge >= 0.3 is 0 Å². The second-order valence-corrected chi connectivity index (χ2v) is 5.49. The molecule has 2 rings (SSSR count). The summed E-state index contributed by atoms with van der Waals surface area (Å²) < 4.78 is 9.69. The van der Waals surface area contributed by atoms with E-state index in [4.69, 9.17) is 16.3 Å². The Morgan fingerprint density at radius 1 is 1.53 bits per heavy atom. The van der Waals surface area contributed by atoms with Gasteiger partial charge in [0.1, 0.15) is 5.69 Å². The Morgan fingerprint density at radius 2 is 2.27 bits per heavy atom. The summed E-state index contributed by atoms with van der Waals surface area (Å²) in [7, 11) is 1.57. The van der Waals surface area contributed by atoms with E-state index in [1.807, 2.05) is 6.07 Å². The lowest BCUT2D eigenvalue weighted by atomic mass is 10.3.